The van der Waals surface area contributed by atoms with Gasteiger partial charge in [-0.1, -0.05) is 12.1 Å². The maximum Gasteiger partial charge on any atom is 0.179 e. The zero-order valence-electron chi connectivity index (χ0n) is 16.2. The first kappa shape index (κ1) is 17.4. The van der Waals surface area contributed by atoms with E-state index in [1.165, 1.54) is 12.1 Å². The highest BCUT2D eigenvalue weighted by Gasteiger charge is 2.25. The van der Waals surface area contributed by atoms with Crippen LogP contribution in [0.25, 0.3) is 28.3 Å². The van der Waals surface area contributed by atoms with E-state index in [0.29, 0.717) is 19.5 Å². The van der Waals surface area contributed by atoms with Crippen molar-refractivity contribution in [2.45, 2.75) is 19.1 Å². The predicted molar refractivity (Wildman–Crippen MR) is 111 cm³/mol. The predicted octanol–water partition coefficient (Wildman–Crippen LogP) is 4.45. The fraction of sp³-hybridized carbons (Fsp3) is 0.217. The first-order valence-electron chi connectivity index (χ1n) is 10.0. The van der Waals surface area contributed by atoms with Crippen molar-refractivity contribution < 1.29 is 8.78 Å². The second-order valence-corrected chi connectivity index (χ2v) is 7.89. The first-order valence-corrected chi connectivity index (χ1v) is 10.0. The monoisotopic (exact) mass is 403 g/mol. The minimum absolute atomic E-state index is 0.252. The van der Waals surface area contributed by atoms with Crippen LogP contribution in [0.3, 0.4) is 0 Å². The van der Waals surface area contributed by atoms with E-state index in [9.17, 15) is 8.78 Å². The van der Waals surface area contributed by atoms with Gasteiger partial charge in [-0.15, -0.1) is 0 Å². The number of hydrogen-bond donors (Lipinski definition) is 0. The molecule has 2 aliphatic rings. The molecule has 0 unspecified atom stereocenters. The minimum atomic E-state index is -0.764. The highest BCUT2D eigenvalue weighted by atomic mass is 19.1. The van der Waals surface area contributed by atoms with Crippen molar-refractivity contribution in [2.75, 3.05) is 18.0 Å². The zero-order chi connectivity index (χ0) is 20.2. The fourth-order valence-corrected chi connectivity index (χ4v) is 4.46. The number of rotatable bonds is 2. The van der Waals surface area contributed by atoms with Gasteiger partial charge in [0.1, 0.15) is 18.3 Å². The molecular formula is C23H19F2N5. The number of benzene rings is 2. The van der Waals surface area contributed by atoms with Crippen molar-refractivity contribution in [3.63, 3.8) is 0 Å². The van der Waals surface area contributed by atoms with Crippen LogP contribution in [0.15, 0.2) is 61.1 Å². The molecule has 6 rings (SSSR count). The van der Waals surface area contributed by atoms with Gasteiger partial charge in [0.25, 0.3) is 0 Å². The van der Waals surface area contributed by atoms with E-state index in [4.69, 9.17) is 0 Å². The third kappa shape index (κ3) is 2.73. The number of halogens is 2. The molecule has 4 aromatic rings. The third-order valence-electron chi connectivity index (χ3n) is 5.98. The molecule has 0 radical (unpaired) electrons. The number of alkyl halides is 1. The summed E-state index contributed by atoms with van der Waals surface area (Å²) in [5.74, 6) is 0.512. The Labute approximate surface area is 172 Å². The molecule has 0 amide bonds. The normalized spacial score (nSPS) is 17.4. The van der Waals surface area contributed by atoms with Crippen molar-refractivity contribution >= 4 is 5.69 Å². The van der Waals surface area contributed by atoms with Crippen LogP contribution in [0, 0.1) is 5.82 Å². The Balaban J connectivity index is 1.46. The number of anilines is 1. The molecule has 5 nitrogen and oxygen atoms in total. The molecule has 2 aromatic carbocycles. The molecule has 1 saturated heterocycles. The summed E-state index contributed by atoms with van der Waals surface area (Å²) in [5.41, 5.74) is 6.01. The van der Waals surface area contributed by atoms with Gasteiger partial charge in [-0.05, 0) is 53.9 Å². The summed E-state index contributed by atoms with van der Waals surface area (Å²) in [6.45, 7) is 1.83. The summed E-state index contributed by atoms with van der Waals surface area (Å²) < 4.78 is 31.1. The van der Waals surface area contributed by atoms with Gasteiger partial charge in [0.15, 0.2) is 5.82 Å². The summed E-state index contributed by atoms with van der Waals surface area (Å²) >= 11 is 0. The smallest absolute Gasteiger partial charge is 0.179 e. The van der Waals surface area contributed by atoms with E-state index in [0.717, 1.165) is 46.1 Å². The van der Waals surface area contributed by atoms with Crippen molar-refractivity contribution in [2.24, 2.45) is 0 Å². The average Bonchev–Trinajstić information content (AvgIpc) is 3.47. The van der Waals surface area contributed by atoms with Gasteiger partial charge >= 0.3 is 0 Å². The first-order chi connectivity index (χ1) is 14.7. The molecular weight excluding hydrogens is 384 g/mol. The quantitative estimate of drug-likeness (QED) is 0.437. The van der Waals surface area contributed by atoms with Crippen molar-refractivity contribution in [1.29, 1.82) is 0 Å². The van der Waals surface area contributed by atoms with E-state index in [2.05, 4.69) is 37.9 Å². The van der Waals surface area contributed by atoms with Crippen LogP contribution in [0.5, 0.6) is 0 Å². The average molecular weight is 403 g/mol. The molecule has 2 aliphatic heterocycles. The van der Waals surface area contributed by atoms with Crippen LogP contribution >= 0.6 is 0 Å². The lowest BCUT2D eigenvalue weighted by Gasteiger charge is -2.19. The van der Waals surface area contributed by atoms with Gasteiger partial charge in [-0.2, -0.15) is 5.10 Å². The van der Waals surface area contributed by atoms with Gasteiger partial charge in [0.05, 0.1) is 11.4 Å². The lowest BCUT2D eigenvalue weighted by Crippen LogP contribution is -2.20. The molecule has 4 heterocycles. The van der Waals surface area contributed by atoms with Crippen LogP contribution in [0.4, 0.5) is 14.5 Å². The van der Waals surface area contributed by atoms with E-state index >= 15 is 0 Å². The second kappa shape index (κ2) is 6.52. The fourth-order valence-electron chi connectivity index (χ4n) is 4.46. The maximum absolute atomic E-state index is 13.7. The Kier molecular flexibility index (Phi) is 3.78. The second-order valence-electron chi connectivity index (χ2n) is 7.89. The molecule has 150 valence electrons. The highest BCUT2D eigenvalue weighted by Crippen LogP contribution is 2.35. The van der Waals surface area contributed by atoms with Gasteiger partial charge in [0.2, 0.25) is 0 Å². The van der Waals surface area contributed by atoms with Crippen molar-refractivity contribution in [3.05, 3.63) is 72.4 Å². The molecule has 30 heavy (non-hydrogen) atoms. The lowest BCUT2D eigenvalue weighted by molar-refractivity contribution is 0.364. The van der Waals surface area contributed by atoms with Gasteiger partial charge in [0, 0.05) is 37.1 Å². The summed E-state index contributed by atoms with van der Waals surface area (Å²) in [6.07, 6.45) is 3.44. The zero-order valence-corrected chi connectivity index (χ0v) is 16.2. The minimum Gasteiger partial charge on any atom is -0.368 e. The molecule has 2 aromatic heterocycles. The van der Waals surface area contributed by atoms with Gasteiger partial charge < -0.3 is 9.47 Å². The molecule has 7 heteroatoms. The molecule has 0 saturated carbocycles. The molecule has 0 N–H and O–H groups in total. The van der Waals surface area contributed by atoms with Crippen LogP contribution < -0.4 is 4.90 Å². The Bertz CT molecular complexity index is 1240. The topological polar surface area (TPSA) is 38.9 Å². The summed E-state index contributed by atoms with van der Waals surface area (Å²) in [7, 11) is 0. The summed E-state index contributed by atoms with van der Waals surface area (Å²) in [6, 6.07) is 14.8. The summed E-state index contributed by atoms with van der Waals surface area (Å²) in [5, 5.41) is 4.46. The maximum atomic E-state index is 13.7. The Morgan fingerprint density at radius 3 is 2.67 bits per heavy atom. The summed E-state index contributed by atoms with van der Waals surface area (Å²) in [4.78, 5) is 6.59. The lowest BCUT2D eigenvalue weighted by atomic mass is 10.1. The SMILES string of the molecule is Fc1ccc(-c2cc3n(c2)Cc2cc(N4CC[C@@H](F)C4)ccc2-n2ncnc2-3)cc1. The van der Waals surface area contributed by atoms with Gasteiger partial charge in [-0.3, -0.25) is 0 Å². The Morgan fingerprint density at radius 1 is 1.00 bits per heavy atom. The molecule has 0 aliphatic carbocycles. The number of nitrogens with zero attached hydrogens (tertiary/aromatic N) is 5. The molecule has 0 spiro atoms. The Morgan fingerprint density at radius 2 is 1.87 bits per heavy atom. The third-order valence-corrected chi connectivity index (χ3v) is 5.98. The van der Waals surface area contributed by atoms with E-state index in [1.54, 1.807) is 18.5 Å². The van der Waals surface area contributed by atoms with Crippen LogP contribution in [0.1, 0.15) is 12.0 Å². The van der Waals surface area contributed by atoms with Crippen LogP contribution in [0.2, 0.25) is 0 Å². The van der Waals surface area contributed by atoms with Crippen LogP contribution in [-0.4, -0.2) is 38.6 Å². The number of aromatic nitrogens is 4. The molecule has 0 bridgehead atoms. The number of fused-ring (bicyclic) bond motifs is 5. The van der Waals surface area contributed by atoms with Gasteiger partial charge in [-0.25, -0.2) is 18.4 Å². The highest BCUT2D eigenvalue weighted by molar-refractivity contribution is 5.71. The number of hydrogen-bond acceptors (Lipinski definition) is 3. The van der Waals surface area contributed by atoms with E-state index in [1.807, 2.05) is 16.8 Å². The largest absolute Gasteiger partial charge is 0.368 e. The molecule has 1 atom stereocenters. The van der Waals surface area contributed by atoms with Crippen molar-refractivity contribution in [1.82, 2.24) is 19.3 Å². The van der Waals surface area contributed by atoms with Crippen molar-refractivity contribution in [3.8, 4) is 28.3 Å². The Hall–Kier alpha value is -3.48. The van der Waals surface area contributed by atoms with E-state index < -0.39 is 6.17 Å². The standard InChI is InChI=1S/C23H19F2N5/c24-18-3-1-15(2-4-18)16-10-22-23-26-14-27-30(23)21-6-5-20(28-8-7-19(25)13-28)9-17(21)12-29(22)11-16/h1-6,9-11,14,19H,7-8,12-13H2/t19-/m1/s1. The van der Waals surface area contributed by atoms with Crippen LogP contribution in [-0.2, 0) is 6.54 Å². The molecule has 1 fully saturated rings. The van der Waals surface area contributed by atoms with E-state index in [-0.39, 0.29) is 5.82 Å².